The molecule has 0 aliphatic heterocycles. The number of nitriles is 1. The van der Waals surface area contributed by atoms with Gasteiger partial charge in [0.25, 0.3) is 0 Å². The van der Waals surface area contributed by atoms with E-state index in [1.165, 1.54) is 6.07 Å². The molecule has 1 aromatic carbocycles. The minimum absolute atomic E-state index is 0.0191. The summed E-state index contributed by atoms with van der Waals surface area (Å²) in [6.07, 6.45) is 1.53. The fourth-order valence-electron chi connectivity index (χ4n) is 1.72. The maximum Gasteiger partial charge on any atom is 0.232 e. The zero-order chi connectivity index (χ0) is 12.5. The number of rotatable bonds is 4. The average Bonchev–Trinajstić information content (AvgIpc) is 3.08. The van der Waals surface area contributed by atoms with Crippen LogP contribution in [0, 0.1) is 17.1 Å². The molecule has 0 radical (unpaired) electrons. The molecule has 1 unspecified atom stereocenters. The molecule has 0 heterocycles. The zero-order valence-electron chi connectivity index (χ0n) is 8.94. The first kappa shape index (κ1) is 12.2. The lowest BCUT2D eigenvalue weighted by Gasteiger charge is -2.09. The van der Waals surface area contributed by atoms with Gasteiger partial charge in [-0.1, -0.05) is 12.1 Å². The second-order valence-electron chi connectivity index (χ2n) is 4.07. The summed E-state index contributed by atoms with van der Waals surface area (Å²) >= 11 is -2.16. The van der Waals surface area contributed by atoms with Gasteiger partial charge in [-0.25, -0.2) is 13.3 Å². The van der Waals surface area contributed by atoms with E-state index in [9.17, 15) is 8.60 Å². The van der Waals surface area contributed by atoms with E-state index >= 15 is 0 Å². The Bertz CT molecular complexity index is 509. The summed E-state index contributed by atoms with van der Waals surface area (Å²) in [4.78, 5) is 0. The Morgan fingerprint density at radius 1 is 1.59 bits per heavy atom. The minimum Gasteiger partial charge on any atom is -0.294 e. The fourth-order valence-corrected chi connectivity index (χ4v) is 2.00. The van der Waals surface area contributed by atoms with Gasteiger partial charge in [0.05, 0.1) is 11.5 Å². The molecule has 4 nitrogen and oxygen atoms in total. The van der Waals surface area contributed by atoms with E-state index in [0.29, 0.717) is 11.1 Å². The molecule has 0 spiro atoms. The summed E-state index contributed by atoms with van der Waals surface area (Å²) in [5.41, 5.74) is 0.489. The van der Waals surface area contributed by atoms with Gasteiger partial charge in [-0.3, -0.25) is 4.55 Å². The Morgan fingerprint density at radius 3 is 2.76 bits per heavy atom. The molecule has 0 bridgehead atoms. The van der Waals surface area contributed by atoms with Crippen LogP contribution in [-0.4, -0.2) is 8.76 Å². The van der Waals surface area contributed by atoms with Gasteiger partial charge in [0, 0.05) is 12.1 Å². The fraction of sp³-hybridized carbons (Fsp3) is 0.364. The third kappa shape index (κ3) is 2.52. The lowest BCUT2D eigenvalue weighted by Crippen LogP contribution is -2.16. The second-order valence-corrected chi connectivity index (χ2v) is 4.86. The molecule has 6 heteroatoms. The van der Waals surface area contributed by atoms with E-state index in [0.717, 1.165) is 12.8 Å². The van der Waals surface area contributed by atoms with Crippen LogP contribution in [0.2, 0.25) is 0 Å². The zero-order valence-corrected chi connectivity index (χ0v) is 9.76. The molecule has 2 rings (SSSR count). The summed E-state index contributed by atoms with van der Waals surface area (Å²) in [6, 6.07) is 6.78. The van der Waals surface area contributed by atoms with E-state index < -0.39 is 22.5 Å². The highest BCUT2D eigenvalue weighted by Gasteiger charge is 2.45. The lowest BCUT2D eigenvalue weighted by molar-refractivity contribution is 0.545. The van der Waals surface area contributed by atoms with Gasteiger partial charge >= 0.3 is 0 Å². The van der Waals surface area contributed by atoms with Crippen molar-refractivity contribution in [1.29, 1.82) is 5.26 Å². The molecule has 1 saturated carbocycles. The molecule has 0 amide bonds. The minimum atomic E-state index is -2.16. The summed E-state index contributed by atoms with van der Waals surface area (Å²) in [5, 5.41) is 8.99. The molecule has 0 saturated heterocycles. The summed E-state index contributed by atoms with van der Waals surface area (Å²) in [5.74, 6) is -0.457. The van der Waals surface area contributed by atoms with Crippen molar-refractivity contribution >= 4 is 11.3 Å². The van der Waals surface area contributed by atoms with Gasteiger partial charge in [0.15, 0.2) is 0 Å². The number of halogens is 1. The summed E-state index contributed by atoms with van der Waals surface area (Å²) in [6.45, 7) is -0.0191. The number of hydrogen-bond donors (Lipinski definition) is 2. The molecular weight excluding hydrogens is 243 g/mol. The quantitative estimate of drug-likeness (QED) is 0.802. The van der Waals surface area contributed by atoms with E-state index in [-0.39, 0.29) is 6.54 Å². The Kier molecular flexibility index (Phi) is 3.24. The lowest BCUT2D eigenvalue weighted by atomic mass is 9.96. The number of hydrogen-bond acceptors (Lipinski definition) is 2. The maximum absolute atomic E-state index is 13.7. The van der Waals surface area contributed by atoms with E-state index in [2.05, 4.69) is 10.8 Å². The predicted molar refractivity (Wildman–Crippen MR) is 60.5 cm³/mol. The average molecular weight is 254 g/mol. The molecule has 1 fully saturated rings. The van der Waals surface area contributed by atoms with E-state index in [1.807, 2.05) is 0 Å². The smallest absolute Gasteiger partial charge is 0.232 e. The van der Waals surface area contributed by atoms with Crippen molar-refractivity contribution < 1.29 is 13.2 Å². The highest BCUT2D eigenvalue weighted by molar-refractivity contribution is 7.77. The van der Waals surface area contributed by atoms with Gasteiger partial charge in [-0.2, -0.15) is 5.26 Å². The van der Waals surface area contributed by atoms with Crippen LogP contribution in [0.4, 0.5) is 4.39 Å². The Labute approximate surface area is 101 Å². The van der Waals surface area contributed by atoms with Crippen molar-refractivity contribution in [3.63, 3.8) is 0 Å². The molecule has 2 N–H and O–H groups in total. The topological polar surface area (TPSA) is 73.1 Å². The maximum atomic E-state index is 13.7. The van der Waals surface area contributed by atoms with Crippen LogP contribution in [0.15, 0.2) is 18.2 Å². The van der Waals surface area contributed by atoms with Crippen LogP contribution < -0.4 is 4.72 Å². The molecular formula is C11H11FN2O2S. The van der Waals surface area contributed by atoms with Gasteiger partial charge < -0.3 is 0 Å². The largest absolute Gasteiger partial charge is 0.294 e. The first-order valence-corrected chi connectivity index (χ1v) is 6.22. The van der Waals surface area contributed by atoms with Crippen LogP contribution in [-0.2, 0) is 23.2 Å². The van der Waals surface area contributed by atoms with Crippen LogP contribution >= 0.6 is 0 Å². The Hall–Kier alpha value is -1.29. The van der Waals surface area contributed by atoms with Gasteiger partial charge in [0.2, 0.25) is 11.3 Å². The van der Waals surface area contributed by atoms with Gasteiger partial charge in [-0.15, -0.1) is 0 Å². The van der Waals surface area contributed by atoms with Crippen LogP contribution in [0.5, 0.6) is 0 Å². The Morgan fingerprint density at radius 2 is 2.29 bits per heavy atom. The first-order chi connectivity index (χ1) is 8.07. The highest BCUT2D eigenvalue weighted by atomic mass is 32.2. The third-order valence-corrected chi connectivity index (χ3v) is 3.35. The van der Waals surface area contributed by atoms with Crippen LogP contribution in [0.1, 0.15) is 24.0 Å². The van der Waals surface area contributed by atoms with Crippen molar-refractivity contribution in [2.75, 3.05) is 0 Å². The Balaban J connectivity index is 2.18. The standard InChI is InChI=1S/C11H11FN2O2S/c12-10-5-9(11(7-13)3-4-11)2-1-8(10)6-14-17(15)16/h1-2,5,14H,3-4,6H2,(H,15,16). The number of nitrogens with one attached hydrogen (secondary N) is 1. The molecule has 90 valence electrons. The SMILES string of the molecule is N#CC1(c2ccc(CNS(=O)O)c(F)c2)CC1. The van der Waals surface area contributed by atoms with Crippen molar-refractivity contribution in [2.45, 2.75) is 24.8 Å². The molecule has 1 atom stereocenters. The molecule has 0 aromatic heterocycles. The number of benzene rings is 1. The van der Waals surface area contributed by atoms with Crippen LogP contribution in [0.25, 0.3) is 0 Å². The highest BCUT2D eigenvalue weighted by Crippen LogP contribution is 2.47. The molecule has 1 aromatic rings. The number of nitrogens with zero attached hydrogens (tertiary/aromatic N) is 1. The monoisotopic (exact) mass is 254 g/mol. The molecule has 1 aliphatic carbocycles. The van der Waals surface area contributed by atoms with Crippen molar-refractivity contribution in [2.24, 2.45) is 0 Å². The van der Waals surface area contributed by atoms with Gasteiger partial charge in [0.1, 0.15) is 5.82 Å². The first-order valence-electron chi connectivity index (χ1n) is 5.12. The molecule has 1 aliphatic rings. The predicted octanol–water partition coefficient (Wildman–Crippen LogP) is 1.61. The third-order valence-electron chi connectivity index (χ3n) is 2.96. The van der Waals surface area contributed by atoms with E-state index in [1.54, 1.807) is 12.1 Å². The van der Waals surface area contributed by atoms with Gasteiger partial charge in [-0.05, 0) is 24.5 Å². The second kappa shape index (κ2) is 4.53. The van der Waals surface area contributed by atoms with Crippen molar-refractivity contribution in [3.8, 4) is 6.07 Å². The summed E-state index contributed by atoms with van der Waals surface area (Å²) in [7, 11) is 0. The van der Waals surface area contributed by atoms with Crippen molar-refractivity contribution in [1.82, 2.24) is 4.72 Å². The van der Waals surface area contributed by atoms with E-state index in [4.69, 9.17) is 9.81 Å². The summed E-state index contributed by atoms with van der Waals surface area (Å²) < 4.78 is 34.8. The van der Waals surface area contributed by atoms with Crippen LogP contribution in [0.3, 0.4) is 0 Å². The normalized spacial score (nSPS) is 18.4. The van der Waals surface area contributed by atoms with Crippen molar-refractivity contribution in [3.05, 3.63) is 35.1 Å². The molecule has 17 heavy (non-hydrogen) atoms.